The minimum absolute atomic E-state index is 0.275. The van der Waals surface area contributed by atoms with Crippen LogP contribution in [0.15, 0.2) is 42.5 Å². The van der Waals surface area contributed by atoms with Crippen LogP contribution < -0.4 is 5.73 Å². The molecule has 2 atom stereocenters. The molecule has 0 amide bonds. The minimum atomic E-state index is -1.40. The first kappa shape index (κ1) is 17.9. The van der Waals surface area contributed by atoms with E-state index in [2.05, 4.69) is 0 Å². The first-order valence-corrected chi connectivity index (χ1v) is 7.87. The lowest BCUT2D eigenvalue weighted by Gasteiger charge is -2.25. The van der Waals surface area contributed by atoms with Gasteiger partial charge in [-0.2, -0.15) is 0 Å². The first-order chi connectivity index (χ1) is 11.2. The molecule has 0 heterocycles. The number of rotatable bonds is 5. The van der Waals surface area contributed by atoms with E-state index in [1.54, 1.807) is 20.8 Å². The molecule has 0 bridgehead atoms. The summed E-state index contributed by atoms with van der Waals surface area (Å²) in [6, 6.07) is 12.7. The van der Waals surface area contributed by atoms with Gasteiger partial charge < -0.3 is 15.6 Å². The number of carboxylic acid groups (broad SMARTS) is 1. The minimum Gasteiger partial charge on any atom is -0.481 e. The highest BCUT2D eigenvalue weighted by atomic mass is 16.6. The van der Waals surface area contributed by atoms with Crippen LogP contribution >= 0.6 is 0 Å². The number of hydrogen-bond donors (Lipinski definition) is 2. The third kappa shape index (κ3) is 4.32. The summed E-state index contributed by atoms with van der Waals surface area (Å²) in [5, 5.41) is 11.5. The molecule has 0 aliphatic carbocycles. The predicted octanol–water partition coefficient (Wildman–Crippen LogP) is 2.75. The van der Waals surface area contributed by atoms with E-state index < -0.39 is 29.5 Å². The van der Waals surface area contributed by atoms with E-state index in [4.69, 9.17) is 10.5 Å². The van der Waals surface area contributed by atoms with Crippen molar-refractivity contribution in [2.75, 3.05) is 0 Å². The number of carbonyl (C=O) groups excluding carboxylic acids is 1. The standard InChI is InChI=1S/C19H23NO4/c1-19(2,3)24-18(23)16(17(21)22)15(20)11-13-9-6-8-12-7-4-5-10-14(12)13/h4-10,15-16H,11,20H2,1-3H3,(H,21,22)/t15-,16+/m1/s1. The molecule has 3 N–H and O–H groups in total. The summed E-state index contributed by atoms with van der Waals surface area (Å²) in [6.07, 6.45) is 0.275. The molecule has 0 saturated heterocycles. The van der Waals surface area contributed by atoms with E-state index >= 15 is 0 Å². The van der Waals surface area contributed by atoms with Gasteiger partial charge in [0.1, 0.15) is 5.60 Å². The highest BCUT2D eigenvalue weighted by Crippen LogP contribution is 2.22. The highest BCUT2D eigenvalue weighted by molar-refractivity contribution is 5.95. The third-order valence-electron chi connectivity index (χ3n) is 3.69. The predicted molar refractivity (Wildman–Crippen MR) is 92.6 cm³/mol. The zero-order valence-electron chi connectivity index (χ0n) is 14.2. The second-order valence-corrected chi connectivity index (χ2v) is 6.86. The molecule has 2 aromatic carbocycles. The lowest BCUT2D eigenvalue weighted by atomic mass is 9.91. The number of carbonyl (C=O) groups is 2. The Balaban J connectivity index is 2.26. The van der Waals surface area contributed by atoms with Crippen molar-refractivity contribution in [2.24, 2.45) is 11.7 Å². The van der Waals surface area contributed by atoms with Crippen LogP contribution in [0.3, 0.4) is 0 Å². The fourth-order valence-corrected chi connectivity index (χ4v) is 2.67. The SMILES string of the molecule is CC(C)(C)OC(=O)[C@H](C(=O)O)[C@H](N)Cc1cccc2ccccc12. The van der Waals surface area contributed by atoms with Crippen LogP contribution in [0, 0.1) is 5.92 Å². The van der Waals surface area contributed by atoms with Crippen LogP contribution in [0.25, 0.3) is 10.8 Å². The number of ether oxygens (including phenoxy) is 1. The molecule has 0 aliphatic heterocycles. The smallest absolute Gasteiger partial charge is 0.322 e. The topological polar surface area (TPSA) is 89.6 Å². The van der Waals surface area contributed by atoms with Crippen molar-refractivity contribution in [2.45, 2.75) is 38.8 Å². The third-order valence-corrected chi connectivity index (χ3v) is 3.69. The van der Waals surface area contributed by atoms with Gasteiger partial charge in [-0.15, -0.1) is 0 Å². The van der Waals surface area contributed by atoms with Gasteiger partial charge in [0.15, 0.2) is 5.92 Å². The number of fused-ring (bicyclic) bond motifs is 1. The van der Waals surface area contributed by atoms with E-state index in [1.807, 2.05) is 42.5 Å². The largest absolute Gasteiger partial charge is 0.481 e. The average molecular weight is 329 g/mol. The zero-order chi connectivity index (χ0) is 17.9. The summed E-state index contributed by atoms with van der Waals surface area (Å²) >= 11 is 0. The number of benzene rings is 2. The van der Waals surface area contributed by atoms with Crippen molar-refractivity contribution in [1.82, 2.24) is 0 Å². The Morgan fingerprint density at radius 2 is 1.75 bits per heavy atom. The fraction of sp³-hybridized carbons (Fsp3) is 0.368. The molecule has 0 radical (unpaired) electrons. The van der Waals surface area contributed by atoms with Crippen LogP contribution in [0.5, 0.6) is 0 Å². The summed E-state index contributed by atoms with van der Waals surface area (Å²) in [5.41, 5.74) is 6.23. The lowest BCUT2D eigenvalue weighted by Crippen LogP contribution is -2.45. The number of carboxylic acids is 1. The van der Waals surface area contributed by atoms with E-state index in [0.717, 1.165) is 16.3 Å². The zero-order valence-corrected chi connectivity index (χ0v) is 14.2. The molecule has 5 heteroatoms. The van der Waals surface area contributed by atoms with Crippen LogP contribution in [-0.4, -0.2) is 28.7 Å². The maximum atomic E-state index is 12.2. The Bertz CT molecular complexity index is 743. The van der Waals surface area contributed by atoms with Gasteiger partial charge >= 0.3 is 11.9 Å². The van der Waals surface area contributed by atoms with E-state index in [1.165, 1.54) is 0 Å². The molecular formula is C19H23NO4. The quantitative estimate of drug-likeness (QED) is 0.650. The normalized spacial score (nSPS) is 14.2. The molecule has 24 heavy (non-hydrogen) atoms. The summed E-state index contributed by atoms with van der Waals surface area (Å²) in [6.45, 7) is 5.08. The van der Waals surface area contributed by atoms with Gasteiger partial charge in [-0.3, -0.25) is 9.59 Å². The van der Waals surface area contributed by atoms with E-state index in [9.17, 15) is 14.7 Å². The molecule has 0 saturated carbocycles. The summed E-state index contributed by atoms with van der Waals surface area (Å²) in [7, 11) is 0. The first-order valence-electron chi connectivity index (χ1n) is 7.87. The van der Waals surface area contributed by atoms with Crippen LogP contribution in [-0.2, 0) is 20.7 Å². The molecular weight excluding hydrogens is 306 g/mol. The summed E-state index contributed by atoms with van der Waals surface area (Å²) in [4.78, 5) is 23.8. The van der Waals surface area contributed by atoms with Crippen molar-refractivity contribution in [3.05, 3.63) is 48.0 Å². The van der Waals surface area contributed by atoms with Gasteiger partial charge in [-0.25, -0.2) is 0 Å². The Morgan fingerprint density at radius 3 is 2.38 bits per heavy atom. The van der Waals surface area contributed by atoms with Crippen molar-refractivity contribution >= 4 is 22.7 Å². The number of aliphatic carboxylic acids is 1. The van der Waals surface area contributed by atoms with Gasteiger partial charge in [0.05, 0.1) is 0 Å². The maximum absolute atomic E-state index is 12.2. The maximum Gasteiger partial charge on any atom is 0.322 e. The van der Waals surface area contributed by atoms with Crippen LogP contribution in [0.4, 0.5) is 0 Å². The Morgan fingerprint density at radius 1 is 1.12 bits per heavy atom. The molecule has 0 aliphatic rings. The number of esters is 1. The fourth-order valence-electron chi connectivity index (χ4n) is 2.67. The van der Waals surface area contributed by atoms with Crippen molar-refractivity contribution in [3.63, 3.8) is 0 Å². The summed E-state index contributed by atoms with van der Waals surface area (Å²) < 4.78 is 5.21. The second-order valence-electron chi connectivity index (χ2n) is 6.86. The number of nitrogens with two attached hydrogens (primary N) is 1. The van der Waals surface area contributed by atoms with Gasteiger partial charge in [-0.05, 0) is 43.5 Å². The lowest BCUT2D eigenvalue weighted by molar-refractivity contribution is -0.167. The van der Waals surface area contributed by atoms with Gasteiger partial charge in [0, 0.05) is 6.04 Å². The molecule has 0 fully saturated rings. The molecule has 0 unspecified atom stereocenters. The van der Waals surface area contributed by atoms with Crippen molar-refractivity contribution in [3.8, 4) is 0 Å². The van der Waals surface area contributed by atoms with Gasteiger partial charge in [0.2, 0.25) is 0 Å². The monoisotopic (exact) mass is 329 g/mol. The Kier molecular flexibility index (Phi) is 5.24. The van der Waals surface area contributed by atoms with E-state index in [0.29, 0.717) is 0 Å². The molecule has 5 nitrogen and oxygen atoms in total. The number of hydrogen-bond acceptors (Lipinski definition) is 4. The average Bonchev–Trinajstić information content (AvgIpc) is 2.45. The van der Waals surface area contributed by atoms with Gasteiger partial charge in [0.25, 0.3) is 0 Å². The molecule has 2 rings (SSSR count). The Labute approximate surface area is 141 Å². The highest BCUT2D eigenvalue weighted by Gasteiger charge is 2.36. The van der Waals surface area contributed by atoms with E-state index in [-0.39, 0.29) is 6.42 Å². The van der Waals surface area contributed by atoms with Crippen molar-refractivity contribution < 1.29 is 19.4 Å². The second kappa shape index (κ2) is 7.01. The molecule has 2 aromatic rings. The molecule has 128 valence electrons. The molecule has 0 spiro atoms. The van der Waals surface area contributed by atoms with Crippen molar-refractivity contribution in [1.29, 1.82) is 0 Å². The summed E-state index contributed by atoms with van der Waals surface area (Å²) in [5.74, 6) is -3.47. The van der Waals surface area contributed by atoms with Crippen LogP contribution in [0.2, 0.25) is 0 Å². The van der Waals surface area contributed by atoms with Crippen LogP contribution in [0.1, 0.15) is 26.3 Å². The van der Waals surface area contributed by atoms with Gasteiger partial charge in [-0.1, -0.05) is 42.5 Å². The Hall–Kier alpha value is -2.40. The molecule has 0 aromatic heterocycles.